The number of rotatable bonds is 3. The molecule has 3 rings (SSSR count). The van der Waals surface area contributed by atoms with Crippen LogP contribution in [0.25, 0.3) is 0 Å². The van der Waals surface area contributed by atoms with E-state index >= 15 is 0 Å². The molecule has 8 heteroatoms. The van der Waals surface area contributed by atoms with Gasteiger partial charge in [-0.2, -0.15) is 4.72 Å². The third kappa shape index (κ3) is 2.86. The molecule has 0 amide bonds. The minimum atomic E-state index is -4.07. The predicted octanol–water partition coefficient (Wildman–Crippen LogP) is 0.600. The summed E-state index contributed by atoms with van der Waals surface area (Å²) in [6, 6.07) is 10.3. The fourth-order valence-electron chi connectivity index (χ4n) is 2.36. The number of nitrogens with one attached hydrogen (secondary N) is 1. The molecule has 0 bridgehead atoms. The number of carbonyl (C=O) groups excluding carboxylic acids is 1. The van der Waals surface area contributed by atoms with E-state index in [1.807, 2.05) is 35.1 Å². The molecular weight excluding hydrogens is 320 g/mol. The number of hydrogen-bond acceptors (Lipinski definition) is 5. The number of carboxylic acids is 1. The third-order valence-electron chi connectivity index (χ3n) is 3.45. The highest BCUT2D eigenvalue weighted by Crippen LogP contribution is 2.22. The Bertz CT molecular complexity index is 893. The average Bonchev–Trinajstić information content (AvgIpc) is 2.51. The van der Waals surface area contributed by atoms with Gasteiger partial charge in [0.1, 0.15) is 10.6 Å². The first kappa shape index (κ1) is 15.3. The monoisotopic (exact) mass is 332 g/mol. The number of pyridine rings is 1. The summed E-state index contributed by atoms with van der Waals surface area (Å²) in [7, 11) is -4.07. The van der Waals surface area contributed by atoms with Gasteiger partial charge in [-0.05, 0) is 17.7 Å². The first-order chi connectivity index (χ1) is 10.9. The summed E-state index contributed by atoms with van der Waals surface area (Å²) >= 11 is 0. The van der Waals surface area contributed by atoms with Crippen molar-refractivity contribution in [3.05, 3.63) is 59.4 Å². The molecule has 1 aromatic heterocycles. The van der Waals surface area contributed by atoms with E-state index in [0.29, 0.717) is 12.1 Å². The minimum absolute atomic E-state index is 0.295. The fraction of sp³-hybridized carbons (Fsp3) is 0.133. The van der Waals surface area contributed by atoms with Crippen LogP contribution >= 0.6 is 0 Å². The molecule has 2 N–H and O–H groups in total. The van der Waals surface area contributed by atoms with Crippen LogP contribution < -0.4 is 4.72 Å². The van der Waals surface area contributed by atoms with E-state index in [2.05, 4.69) is 4.98 Å². The number of carbonyl (C=O) groups is 2. The second kappa shape index (κ2) is 5.56. The number of ketones is 1. The minimum Gasteiger partial charge on any atom is -0.480 e. The van der Waals surface area contributed by atoms with E-state index in [0.717, 1.165) is 5.56 Å². The maximum Gasteiger partial charge on any atom is 0.329 e. The first-order valence-corrected chi connectivity index (χ1v) is 8.20. The van der Waals surface area contributed by atoms with Crippen molar-refractivity contribution in [1.29, 1.82) is 0 Å². The molecular formula is C15H12N2O5S. The molecule has 0 saturated heterocycles. The molecule has 2 aromatic rings. The number of Topliss-reactive ketones (excluding diaryl/α,β-unsaturated/α-hetero) is 1. The van der Waals surface area contributed by atoms with Gasteiger partial charge in [0.25, 0.3) is 0 Å². The quantitative estimate of drug-likeness (QED) is 0.796. The predicted molar refractivity (Wildman–Crippen MR) is 79.6 cm³/mol. The summed E-state index contributed by atoms with van der Waals surface area (Å²) in [6.07, 6.45) is 0.409. The highest BCUT2D eigenvalue weighted by Gasteiger charge is 2.41. The van der Waals surface area contributed by atoms with Crippen LogP contribution in [-0.4, -0.2) is 36.3 Å². The number of sulfonamides is 1. The van der Waals surface area contributed by atoms with Crippen LogP contribution in [0.15, 0.2) is 47.4 Å². The Balaban J connectivity index is 2.04. The van der Waals surface area contributed by atoms with Crippen molar-refractivity contribution in [3.8, 4) is 0 Å². The van der Waals surface area contributed by atoms with Gasteiger partial charge in [0.05, 0.1) is 0 Å². The van der Waals surface area contributed by atoms with Gasteiger partial charge >= 0.3 is 5.97 Å². The van der Waals surface area contributed by atoms with E-state index in [1.165, 1.54) is 12.1 Å². The molecule has 1 aromatic carbocycles. The van der Waals surface area contributed by atoms with Crippen molar-refractivity contribution in [2.45, 2.75) is 17.4 Å². The maximum absolute atomic E-state index is 12.2. The molecule has 0 saturated carbocycles. The average molecular weight is 332 g/mol. The van der Waals surface area contributed by atoms with Gasteiger partial charge in [0.15, 0.2) is 6.04 Å². The lowest BCUT2D eigenvalue weighted by molar-refractivity contribution is -0.137. The molecule has 1 atom stereocenters. The van der Waals surface area contributed by atoms with Gasteiger partial charge in [-0.15, -0.1) is 0 Å². The van der Waals surface area contributed by atoms with E-state index in [-0.39, 0.29) is 10.6 Å². The molecule has 0 radical (unpaired) electrons. The zero-order valence-corrected chi connectivity index (χ0v) is 12.6. The molecule has 0 aliphatic carbocycles. The standard InChI is InChI=1S/C15H12N2O5S/c18-14-12-11(23(21,22)17-13(14)15(19)20)7-6-10(16-12)8-9-4-2-1-3-5-9/h1-7,13,17H,8H2,(H,19,20). The van der Waals surface area contributed by atoms with Crippen molar-refractivity contribution < 1.29 is 23.1 Å². The zero-order chi connectivity index (χ0) is 16.6. The molecule has 1 unspecified atom stereocenters. The maximum atomic E-state index is 12.2. The molecule has 23 heavy (non-hydrogen) atoms. The summed E-state index contributed by atoms with van der Waals surface area (Å²) < 4.78 is 25.9. The summed E-state index contributed by atoms with van der Waals surface area (Å²) in [5.74, 6) is -2.42. The number of hydrogen-bond donors (Lipinski definition) is 2. The lowest BCUT2D eigenvalue weighted by atomic mass is 10.1. The Hall–Kier alpha value is -2.58. The van der Waals surface area contributed by atoms with E-state index in [9.17, 15) is 18.0 Å². The fourth-order valence-corrected chi connectivity index (χ4v) is 3.65. The number of carboxylic acid groups (broad SMARTS) is 1. The molecule has 0 spiro atoms. The SMILES string of the molecule is O=C(O)C1NS(=O)(=O)c2ccc(Cc3ccccc3)nc2C1=O. The van der Waals surface area contributed by atoms with Crippen molar-refractivity contribution in [2.24, 2.45) is 0 Å². The van der Waals surface area contributed by atoms with Gasteiger partial charge in [0, 0.05) is 12.1 Å². The molecule has 118 valence electrons. The largest absolute Gasteiger partial charge is 0.480 e. The van der Waals surface area contributed by atoms with E-state index in [4.69, 9.17) is 5.11 Å². The van der Waals surface area contributed by atoms with Crippen molar-refractivity contribution >= 4 is 21.8 Å². The van der Waals surface area contributed by atoms with Crippen LogP contribution in [-0.2, 0) is 21.2 Å². The van der Waals surface area contributed by atoms with Crippen LogP contribution in [0.3, 0.4) is 0 Å². The highest BCUT2D eigenvalue weighted by molar-refractivity contribution is 7.89. The smallest absolute Gasteiger partial charge is 0.329 e. The third-order valence-corrected chi connectivity index (χ3v) is 4.90. The van der Waals surface area contributed by atoms with E-state index in [1.54, 1.807) is 0 Å². The summed E-state index contributed by atoms with van der Waals surface area (Å²) in [4.78, 5) is 27.0. The zero-order valence-electron chi connectivity index (χ0n) is 11.8. The molecule has 1 aliphatic rings. The van der Waals surface area contributed by atoms with Gasteiger partial charge in [-0.3, -0.25) is 4.79 Å². The highest BCUT2D eigenvalue weighted by atomic mass is 32.2. The number of benzene rings is 1. The molecule has 1 aliphatic heterocycles. The van der Waals surface area contributed by atoms with Crippen LogP contribution in [0, 0.1) is 0 Å². The Morgan fingerprint density at radius 1 is 1.17 bits per heavy atom. The Morgan fingerprint density at radius 3 is 2.52 bits per heavy atom. The van der Waals surface area contributed by atoms with Crippen LogP contribution in [0.4, 0.5) is 0 Å². The lowest BCUT2D eigenvalue weighted by Crippen LogP contribution is -2.50. The number of nitrogens with zero attached hydrogens (tertiary/aromatic N) is 1. The second-order valence-corrected chi connectivity index (χ2v) is 6.75. The molecule has 2 heterocycles. The van der Waals surface area contributed by atoms with Gasteiger partial charge in [-0.25, -0.2) is 18.2 Å². The van der Waals surface area contributed by atoms with Crippen LogP contribution in [0.1, 0.15) is 21.7 Å². The number of aliphatic carboxylic acids is 1. The van der Waals surface area contributed by atoms with Gasteiger partial charge in [0.2, 0.25) is 15.8 Å². The number of aromatic nitrogens is 1. The molecule has 0 fully saturated rings. The van der Waals surface area contributed by atoms with Crippen LogP contribution in [0.2, 0.25) is 0 Å². The summed E-state index contributed by atoms with van der Waals surface area (Å²) in [5, 5.41) is 9.00. The van der Waals surface area contributed by atoms with Crippen molar-refractivity contribution in [1.82, 2.24) is 9.71 Å². The van der Waals surface area contributed by atoms with Crippen molar-refractivity contribution in [3.63, 3.8) is 0 Å². The Kier molecular flexibility index (Phi) is 3.70. The summed E-state index contributed by atoms with van der Waals surface area (Å²) in [6.45, 7) is 0. The topological polar surface area (TPSA) is 113 Å². The second-order valence-electron chi connectivity index (χ2n) is 5.07. The normalized spacial score (nSPS) is 19.1. The van der Waals surface area contributed by atoms with Crippen molar-refractivity contribution in [2.75, 3.05) is 0 Å². The Morgan fingerprint density at radius 2 is 1.87 bits per heavy atom. The molecule has 7 nitrogen and oxygen atoms in total. The number of fused-ring (bicyclic) bond motifs is 1. The first-order valence-electron chi connectivity index (χ1n) is 6.72. The van der Waals surface area contributed by atoms with Crippen LogP contribution in [0.5, 0.6) is 0 Å². The summed E-state index contributed by atoms with van der Waals surface area (Å²) in [5.41, 5.74) is 1.10. The van der Waals surface area contributed by atoms with Gasteiger partial charge in [-0.1, -0.05) is 30.3 Å². The Labute approximate surface area is 132 Å². The van der Waals surface area contributed by atoms with E-state index < -0.39 is 27.8 Å². The lowest BCUT2D eigenvalue weighted by Gasteiger charge is -2.21. The van der Waals surface area contributed by atoms with Gasteiger partial charge < -0.3 is 5.11 Å².